The molecule has 0 radical (unpaired) electrons. The topological polar surface area (TPSA) is 52.6 Å². The molecule has 1 aromatic carbocycles. The molecule has 0 aromatic heterocycles. The van der Waals surface area contributed by atoms with Gasteiger partial charge in [0.1, 0.15) is 6.04 Å². The third kappa shape index (κ3) is 2.97. The van der Waals surface area contributed by atoms with Gasteiger partial charge in [-0.1, -0.05) is 36.9 Å². The van der Waals surface area contributed by atoms with Crippen molar-refractivity contribution in [1.82, 2.24) is 10.2 Å². The Morgan fingerprint density at radius 1 is 1.44 bits per heavy atom. The summed E-state index contributed by atoms with van der Waals surface area (Å²) in [5, 5.41) is 12.3. The van der Waals surface area contributed by atoms with Crippen molar-refractivity contribution in [2.75, 3.05) is 26.2 Å². The monoisotopic (exact) mass is 246 g/mol. The Hall–Kier alpha value is -1.65. The van der Waals surface area contributed by atoms with Crippen molar-refractivity contribution in [1.29, 1.82) is 0 Å². The number of rotatable bonds is 4. The molecule has 0 spiro atoms. The molecule has 1 aliphatic heterocycles. The summed E-state index contributed by atoms with van der Waals surface area (Å²) in [6.07, 6.45) is 0. The number of hydrogen-bond donors (Lipinski definition) is 2. The van der Waals surface area contributed by atoms with Crippen LogP contribution in [0.2, 0.25) is 0 Å². The summed E-state index contributed by atoms with van der Waals surface area (Å²) < 4.78 is 0. The van der Waals surface area contributed by atoms with Crippen molar-refractivity contribution in [3.8, 4) is 0 Å². The molecule has 1 heterocycles. The van der Waals surface area contributed by atoms with Crippen molar-refractivity contribution in [2.24, 2.45) is 0 Å². The number of nitrogens with one attached hydrogen (secondary N) is 1. The molecule has 4 nitrogen and oxygen atoms in total. The van der Waals surface area contributed by atoms with E-state index in [1.165, 1.54) is 0 Å². The summed E-state index contributed by atoms with van der Waals surface area (Å²) in [5.41, 5.74) is 2.03. The van der Waals surface area contributed by atoms with Crippen LogP contribution in [0.3, 0.4) is 0 Å². The molecule has 4 heteroatoms. The van der Waals surface area contributed by atoms with Gasteiger partial charge in [0.25, 0.3) is 0 Å². The van der Waals surface area contributed by atoms with Crippen molar-refractivity contribution < 1.29 is 9.90 Å². The second kappa shape index (κ2) is 5.80. The lowest BCUT2D eigenvalue weighted by molar-refractivity contribution is -0.143. The van der Waals surface area contributed by atoms with Gasteiger partial charge in [-0.2, -0.15) is 0 Å². The van der Waals surface area contributed by atoms with Crippen LogP contribution >= 0.6 is 0 Å². The van der Waals surface area contributed by atoms with Gasteiger partial charge in [-0.25, -0.2) is 0 Å². The summed E-state index contributed by atoms with van der Waals surface area (Å²) in [5.74, 6) is -0.775. The number of nitrogens with zero attached hydrogens (tertiary/aromatic N) is 1. The molecule has 0 aliphatic carbocycles. The minimum atomic E-state index is -0.775. The van der Waals surface area contributed by atoms with Gasteiger partial charge in [0.2, 0.25) is 0 Å². The standard InChI is InChI=1S/C14H18N2O2/c1-11(12-5-3-2-4-6-12)10-16-8-7-15-9-13(16)14(17)18/h2-6,13,15H,1,7-10H2,(H,17,18). The first-order valence-corrected chi connectivity index (χ1v) is 6.09. The Bertz CT molecular complexity index is 431. The maximum absolute atomic E-state index is 11.2. The van der Waals surface area contributed by atoms with Crippen molar-refractivity contribution in [3.63, 3.8) is 0 Å². The lowest BCUT2D eigenvalue weighted by Crippen LogP contribution is -2.55. The number of carboxylic acid groups (broad SMARTS) is 1. The largest absolute Gasteiger partial charge is 0.480 e. The van der Waals surface area contributed by atoms with Gasteiger partial charge in [-0.05, 0) is 11.1 Å². The third-order valence-electron chi connectivity index (χ3n) is 3.22. The van der Waals surface area contributed by atoms with Crippen LogP contribution in [0.5, 0.6) is 0 Å². The van der Waals surface area contributed by atoms with Crippen LogP contribution in [0.15, 0.2) is 36.9 Å². The molecular weight excluding hydrogens is 228 g/mol. The maximum atomic E-state index is 11.2. The molecule has 0 bridgehead atoms. The lowest BCUT2D eigenvalue weighted by Gasteiger charge is -2.33. The van der Waals surface area contributed by atoms with Crippen molar-refractivity contribution >= 4 is 11.5 Å². The fraction of sp³-hybridized carbons (Fsp3) is 0.357. The molecule has 1 unspecified atom stereocenters. The smallest absolute Gasteiger partial charge is 0.322 e. The molecule has 1 saturated heterocycles. The van der Waals surface area contributed by atoms with Crippen LogP contribution in [0.25, 0.3) is 5.57 Å². The van der Waals surface area contributed by atoms with Crippen LogP contribution in [0.4, 0.5) is 0 Å². The van der Waals surface area contributed by atoms with E-state index in [0.29, 0.717) is 13.1 Å². The minimum absolute atomic E-state index is 0.459. The van der Waals surface area contributed by atoms with Gasteiger partial charge in [0, 0.05) is 26.2 Å². The number of carboxylic acids is 1. The fourth-order valence-corrected chi connectivity index (χ4v) is 2.19. The van der Waals surface area contributed by atoms with Crippen LogP contribution in [0.1, 0.15) is 5.56 Å². The molecule has 18 heavy (non-hydrogen) atoms. The zero-order chi connectivity index (χ0) is 13.0. The summed E-state index contributed by atoms with van der Waals surface area (Å²) >= 11 is 0. The van der Waals surface area contributed by atoms with E-state index in [1.807, 2.05) is 35.2 Å². The first kappa shape index (κ1) is 12.8. The highest BCUT2D eigenvalue weighted by Gasteiger charge is 2.28. The van der Waals surface area contributed by atoms with E-state index in [9.17, 15) is 9.90 Å². The molecule has 96 valence electrons. The van der Waals surface area contributed by atoms with Gasteiger partial charge < -0.3 is 10.4 Å². The molecule has 2 N–H and O–H groups in total. The number of piperazine rings is 1. The molecule has 1 fully saturated rings. The lowest BCUT2D eigenvalue weighted by atomic mass is 10.1. The number of benzene rings is 1. The first-order chi connectivity index (χ1) is 8.68. The highest BCUT2D eigenvalue weighted by Crippen LogP contribution is 2.15. The maximum Gasteiger partial charge on any atom is 0.322 e. The minimum Gasteiger partial charge on any atom is -0.480 e. The number of hydrogen-bond acceptors (Lipinski definition) is 3. The number of aliphatic carboxylic acids is 1. The normalized spacial score (nSPS) is 20.6. The molecule has 1 aliphatic rings. The Labute approximate surface area is 107 Å². The zero-order valence-electron chi connectivity index (χ0n) is 10.3. The molecule has 2 rings (SSSR count). The van der Waals surface area contributed by atoms with Crippen LogP contribution in [-0.4, -0.2) is 48.2 Å². The van der Waals surface area contributed by atoms with Gasteiger partial charge >= 0.3 is 5.97 Å². The predicted octanol–water partition coefficient (Wildman–Crippen LogP) is 1.06. The predicted molar refractivity (Wildman–Crippen MR) is 71.3 cm³/mol. The molecule has 1 atom stereocenters. The van der Waals surface area contributed by atoms with Crippen molar-refractivity contribution in [2.45, 2.75) is 6.04 Å². The second-order valence-corrected chi connectivity index (χ2v) is 4.50. The second-order valence-electron chi connectivity index (χ2n) is 4.50. The molecule has 0 saturated carbocycles. The number of carbonyl (C=O) groups is 1. The average molecular weight is 246 g/mol. The molecular formula is C14H18N2O2. The van der Waals surface area contributed by atoms with Crippen LogP contribution in [0, 0.1) is 0 Å². The summed E-state index contributed by atoms with van der Waals surface area (Å²) in [7, 11) is 0. The van der Waals surface area contributed by atoms with Gasteiger partial charge in [-0.15, -0.1) is 0 Å². The van der Waals surface area contributed by atoms with E-state index < -0.39 is 12.0 Å². The first-order valence-electron chi connectivity index (χ1n) is 6.09. The van der Waals surface area contributed by atoms with Crippen LogP contribution in [-0.2, 0) is 4.79 Å². The summed E-state index contributed by atoms with van der Waals surface area (Å²) in [6.45, 7) is 6.72. The Balaban J connectivity index is 2.03. The highest BCUT2D eigenvalue weighted by molar-refractivity contribution is 5.74. The third-order valence-corrected chi connectivity index (χ3v) is 3.22. The molecule has 0 amide bonds. The zero-order valence-corrected chi connectivity index (χ0v) is 10.3. The van der Waals surface area contributed by atoms with E-state index >= 15 is 0 Å². The molecule has 1 aromatic rings. The Kier molecular flexibility index (Phi) is 4.12. The highest BCUT2D eigenvalue weighted by atomic mass is 16.4. The average Bonchev–Trinajstić information content (AvgIpc) is 2.40. The summed E-state index contributed by atoms with van der Waals surface area (Å²) in [6, 6.07) is 9.43. The van der Waals surface area contributed by atoms with E-state index in [-0.39, 0.29) is 0 Å². The van der Waals surface area contributed by atoms with E-state index in [0.717, 1.165) is 24.2 Å². The SMILES string of the molecule is C=C(CN1CCNCC1C(=O)O)c1ccccc1. The van der Waals surface area contributed by atoms with Crippen molar-refractivity contribution in [3.05, 3.63) is 42.5 Å². The Morgan fingerprint density at radius 2 is 2.17 bits per heavy atom. The fourth-order valence-electron chi connectivity index (χ4n) is 2.19. The quantitative estimate of drug-likeness (QED) is 0.834. The van der Waals surface area contributed by atoms with E-state index in [1.54, 1.807) is 0 Å². The van der Waals surface area contributed by atoms with E-state index in [2.05, 4.69) is 11.9 Å². The Morgan fingerprint density at radius 3 is 2.83 bits per heavy atom. The van der Waals surface area contributed by atoms with E-state index in [4.69, 9.17) is 0 Å². The summed E-state index contributed by atoms with van der Waals surface area (Å²) in [4.78, 5) is 13.1. The van der Waals surface area contributed by atoms with Crippen LogP contribution < -0.4 is 5.32 Å². The van der Waals surface area contributed by atoms with Gasteiger partial charge in [0.05, 0.1) is 0 Å². The van der Waals surface area contributed by atoms with Gasteiger partial charge in [-0.3, -0.25) is 9.69 Å². The van der Waals surface area contributed by atoms with Gasteiger partial charge in [0.15, 0.2) is 0 Å².